The number of rotatable bonds is 40. The van der Waals surface area contributed by atoms with E-state index < -0.39 is 86.7 Å². The Kier molecular flexibility index (Phi) is 38.7. The molecule has 14 nitrogen and oxygen atoms in total. The molecule has 0 aliphatic carbocycles. The summed E-state index contributed by atoms with van der Waals surface area (Å²) >= 11 is 0. The van der Waals surface area contributed by atoms with Crippen molar-refractivity contribution >= 4 is 5.97 Å². The number of allylic oxidation sites excluding steroid dienone is 18. The van der Waals surface area contributed by atoms with E-state index in [-0.39, 0.29) is 19.6 Å². The summed E-state index contributed by atoms with van der Waals surface area (Å²) < 4.78 is 34.2. The van der Waals surface area contributed by atoms with Gasteiger partial charge in [-0.3, -0.25) is 4.79 Å². The van der Waals surface area contributed by atoms with Crippen LogP contribution in [-0.4, -0.2) is 142 Å². The van der Waals surface area contributed by atoms with Gasteiger partial charge in [0.15, 0.2) is 12.6 Å². The molecule has 11 unspecified atom stereocenters. The van der Waals surface area contributed by atoms with E-state index >= 15 is 0 Å². The molecule has 2 heterocycles. The number of carbonyl (C=O) groups excluding carboxylic acids is 1. The zero-order valence-corrected chi connectivity index (χ0v) is 42.9. The Morgan fingerprint density at radius 2 is 0.915 bits per heavy atom. The lowest BCUT2D eigenvalue weighted by Gasteiger charge is -2.42. The molecule has 2 aliphatic rings. The molecule has 0 saturated carbocycles. The Labute approximate surface area is 425 Å². The van der Waals surface area contributed by atoms with Gasteiger partial charge < -0.3 is 64.2 Å². The zero-order valence-electron chi connectivity index (χ0n) is 42.9. The highest BCUT2D eigenvalue weighted by molar-refractivity contribution is 5.69. The van der Waals surface area contributed by atoms with Crippen LogP contribution in [0.4, 0.5) is 0 Å². The second-order valence-electron chi connectivity index (χ2n) is 18.0. The van der Waals surface area contributed by atoms with Crippen LogP contribution in [0.3, 0.4) is 0 Å². The van der Waals surface area contributed by atoms with Gasteiger partial charge in [-0.15, -0.1) is 0 Å². The molecule has 2 aliphatic heterocycles. The van der Waals surface area contributed by atoms with Crippen molar-refractivity contribution in [1.82, 2.24) is 0 Å². The maximum absolute atomic E-state index is 13.0. The number of unbranched alkanes of at least 4 members (excludes halogenated alkanes) is 8. The predicted octanol–water partition coefficient (Wildman–Crippen LogP) is 8.40. The van der Waals surface area contributed by atoms with Crippen LogP contribution in [0.5, 0.6) is 0 Å². The molecule has 71 heavy (non-hydrogen) atoms. The van der Waals surface area contributed by atoms with Crippen LogP contribution < -0.4 is 0 Å². The van der Waals surface area contributed by atoms with Crippen molar-refractivity contribution in [3.8, 4) is 0 Å². The maximum Gasteiger partial charge on any atom is 0.306 e. The summed E-state index contributed by atoms with van der Waals surface area (Å²) in [6.07, 6.45) is 41.5. The molecule has 0 aromatic carbocycles. The van der Waals surface area contributed by atoms with E-state index in [0.717, 1.165) is 89.9 Å². The molecule has 2 rings (SSSR count). The first kappa shape index (κ1) is 63.8. The average molecular weight is 1000 g/mol. The largest absolute Gasteiger partial charge is 0.457 e. The Morgan fingerprint density at radius 3 is 1.44 bits per heavy atom. The van der Waals surface area contributed by atoms with E-state index in [4.69, 9.17) is 28.4 Å². The van der Waals surface area contributed by atoms with Gasteiger partial charge in [0.05, 0.1) is 26.4 Å². The molecular weight excluding hydrogens is 909 g/mol. The third-order valence-electron chi connectivity index (χ3n) is 11.7. The topological polar surface area (TPSA) is 214 Å². The van der Waals surface area contributed by atoms with Crippen LogP contribution in [-0.2, 0) is 33.2 Å². The molecule has 0 radical (unpaired) electrons. The van der Waals surface area contributed by atoms with E-state index in [0.29, 0.717) is 19.4 Å². The monoisotopic (exact) mass is 1000 g/mol. The van der Waals surface area contributed by atoms with Gasteiger partial charge in [-0.25, -0.2) is 0 Å². The minimum Gasteiger partial charge on any atom is -0.457 e. The van der Waals surface area contributed by atoms with Gasteiger partial charge in [-0.05, 0) is 89.9 Å². The number of ether oxygens (including phenoxy) is 6. The highest BCUT2D eigenvalue weighted by Crippen LogP contribution is 2.26. The van der Waals surface area contributed by atoms with Gasteiger partial charge in [0, 0.05) is 13.0 Å². The van der Waals surface area contributed by atoms with Gasteiger partial charge in [0.2, 0.25) is 0 Å². The Balaban J connectivity index is 1.79. The summed E-state index contributed by atoms with van der Waals surface area (Å²) in [4.78, 5) is 13.0. The normalized spacial score (nSPS) is 26.2. The third kappa shape index (κ3) is 30.4. The molecule has 0 aromatic heterocycles. The molecule has 404 valence electrons. The quantitative estimate of drug-likeness (QED) is 0.0175. The number of carbonyl (C=O) groups is 1. The van der Waals surface area contributed by atoms with Crippen molar-refractivity contribution < 1.29 is 69.0 Å². The number of aliphatic hydroxyl groups excluding tert-OH is 7. The van der Waals surface area contributed by atoms with Gasteiger partial charge in [0.1, 0.15) is 54.9 Å². The van der Waals surface area contributed by atoms with Crippen LogP contribution in [0.25, 0.3) is 0 Å². The lowest BCUT2D eigenvalue weighted by atomic mass is 9.98. The van der Waals surface area contributed by atoms with Crippen LogP contribution in [0.1, 0.15) is 142 Å². The van der Waals surface area contributed by atoms with Crippen molar-refractivity contribution in [2.45, 2.75) is 210 Å². The molecule has 0 bridgehead atoms. The van der Waals surface area contributed by atoms with E-state index in [2.05, 4.69) is 117 Å². The highest BCUT2D eigenvalue weighted by atomic mass is 16.7. The van der Waals surface area contributed by atoms with Crippen LogP contribution in [0, 0.1) is 0 Å². The summed E-state index contributed by atoms with van der Waals surface area (Å²) in [6, 6.07) is 0. The summed E-state index contributed by atoms with van der Waals surface area (Å²) in [5.41, 5.74) is 0. The fraction of sp³-hybridized carbons (Fsp3) is 0.667. The van der Waals surface area contributed by atoms with Gasteiger partial charge in [-0.1, -0.05) is 155 Å². The maximum atomic E-state index is 13.0. The smallest absolute Gasteiger partial charge is 0.306 e. The summed E-state index contributed by atoms with van der Waals surface area (Å²) in [7, 11) is 0. The van der Waals surface area contributed by atoms with Crippen molar-refractivity contribution in [3.05, 3.63) is 109 Å². The second kappa shape index (κ2) is 43.1. The Morgan fingerprint density at radius 1 is 0.479 bits per heavy atom. The molecule has 7 N–H and O–H groups in total. The zero-order chi connectivity index (χ0) is 51.6. The van der Waals surface area contributed by atoms with Crippen LogP contribution >= 0.6 is 0 Å². The molecule has 11 atom stereocenters. The average Bonchev–Trinajstić information content (AvgIpc) is 3.37. The Hall–Kier alpha value is -3.35. The highest BCUT2D eigenvalue weighted by Gasteiger charge is 2.47. The van der Waals surface area contributed by atoms with E-state index in [1.807, 2.05) is 6.08 Å². The van der Waals surface area contributed by atoms with Gasteiger partial charge >= 0.3 is 5.97 Å². The first-order valence-electron chi connectivity index (χ1n) is 26.5. The molecule has 0 amide bonds. The minimum atomic E-state index is -1.73. The summed E-state index contributed by atoms with van der Waals surface area (Å²) in [5, 5.41) is 72.2. The standard InChI is InChI=1S/C57H92O14/c1-3-5-7-9-11-13-15-17-19-20-21-22-23-24-25-26-27-28-30-32-34-36-38-40-49(59)69-46(43-66-41-39-37-35-33-31-29-18-16-14-12-10-8-6-4-2)44-67-56-55(65)53(63)51(61)48(71-56)45-68-57-54(64)52(62)50(60)47(42-58)70-57/h5,7-8,10-11,13-14,16-17,19,21-22,24-25,27-28,32,34,46-48,50-58,60-65H,3-4,6,9,12,15,18,20,23,26,29-31,33,35-45H2,1-2H3/b7-5-,10-8-,13-11-,16-14-,19-17-,22-21-,25-24-,28-27-,34-32-. The lowest BCUT2D eigenvalue weighted by molar-refractivity contribution is -0.332. The van der Waals surface area contributed by atoms with Gasteiger partial charge in [0.25, 0.3) is 0 Å². The first-order valence-corrected chi connectivity index (χ1v) is 26.5. The lowest BCUT2D eigenvalue weighted by Crippen LogP contribution is -2.61. The number of hydrogen-bond donors (Lipinski definition) is 7. The summed E-state index contributed by atoms with van der Waals surface area (Å²) in [5.74, 6) is -0.443. The number of hydrogen-bond acceptors (Lipinski definition) is 14. The molecule has 14 heteroatoms. The fourth-order valence-corrected chi connectivity index (χ4v) is 7.49. The number of esters is 1. The number of aliphatic hydroxyl groups is 7. The van der Waals surface area contributed by atoms with Gasteiger partial charge in [-0.2, -0.15) is 0 Å². The van der Waals surface area contributed by atoms with Crippen molar-refractivity contribution in [2.75, 3.05) is 33.0 Å². The molecule has 2 saturated heterocycles. The van der Waals surface area contributed by atoms with E-state index in [1.165, 1.54) is 19.3 Å². The van der Waals surface area contributed by atoms with Crippen LogP contribution in [0.15, 0.2) is 109 Å². The van der Waals surface area contributed by atoms with Crippen molar-refractivity contribution in [3.63, 3.8) is 0 Å². The third-order valence-corrected chi connectivity index (χ3v) is 11.7. The SMILES string of the molecule is CC/C=C\C/C=C\C/C=C\C/C=C\C/C=C\C/C=C\C/C=C\CCCC(=O)OC(COCCCCCCCC/C=C\C/C=C\CCC)COC1OC(COC2OC(CO)C(O)C(O)C2O)C(O)C(O)C1O. The Bertz CT molecular complexity index is 1580. The minimum absolute atomic E-state index is 0.0230. The second-order valence-corrected chi connectivity index (χ2v) is 18.0. The molecule has 0 aromatic rings. The van der Waals surface area contributed by atoms with Crippen molar-refractivity contribution in [2.24, 2.45) is 0 Å². The van der Waals surface area contributed by atoms with E-state index in [1.54, 1.807) is 0 Å². The molecule has 2 fully saturated rings. The van der Waals surface area contributed by atoms with E-state index in [9.17, 15) is 40.5 Å². The summed E-state index contributed by atoms with van der Waals surface area (Å²) in [6.45, 7) is 3.37. The molecular formula is C57H92O14. The predicted molar refractivity (Wildman–Crippen MR) is 279 cm³/mol. The fourth-order valence-electron chi connectivity index (χ4n) is 7.49. The van der Waals surface area contributed by atoms with Crippen molar-refractivity contribution in [1.29, 1.82) is 0 Å². The first-order chi connectivity index (χ1) is 34.6. The molecule has 0 spiro atoms. The van der Waals surface area contributed by atoms with Crippen LogP contribution in [0.2, 0.25) is 0 Å².